The van der Waals surface area contributed by atoms with Crippen LogP contribution in [-0.2, 0) is 0 Å². The highest BCUT2D eigenvalue weighted by molar-refractivity contribution is 6.33. The number of nitrogens with two attached hydrogens (primary N) is 1. The highest BCUT2D eigenvalue weighted by atomic mass is 35.5. The van der Waals surface area contributed by atoms with Crippen molar-refractivity contribution in [1.29, 1.82) is 0 Å². The lowest BCUT2D eigenvalue weighted by Crippen LogP contribution is -2.42. The Kier molecular flexibility index (Phi) is 4.32. The number of primary amides is 1. The first-order chi connectivity index (χ1) is 8.97. The molecule has 3 N–H and O–H groups in total. The molecule has 0 spiro atoms. The molecule has 0 bridgehead atoms. The highest BCUT2D eigenvalue weighted by Gasteiger charge is 2.23. The smallest absolute Gasteiger partial charge is 0.248 e. The lowest BCUT2D eigenvalue weighted by Gasteiger charge is -2.36. The third kappa shape index (κ3) is 3.39. The van der Waals surface area contributed by atoms with Crippen molar-refractivity contribution >= 4 is 23.2 Å². The summed E-state index contributed by atoms with van der Waals surface area (Å²) in [5.41, 5.74) is 6.56. The number of benzene rings is 1. The number of amides is 1. The number of carbonyl (C=O) groups is 1. The van der Waals surface area contributed by atoms with Crippen LogP contribution in [-0.4, -0.2) is 36.5 Å². The minimum absolute atomic E-state index is 0.381. The number of halogens is 1. The summed E-state index contributed by atoms with van der Waals surface area (Å²) < 4.78 is 0. The Labute approximate surface area is 118 Å². The molecule has 1 saturated heterocycles. The molecule has 2 rings (SSSR count). The highest BCUT2D eigenvalue weighted by Crippen LogP contribution is 2.26. The first kappa shape index (κ1) is 14.2. The van der Waals surface area contributed by atoms with E-state index in [4.69, 9.17) is 17.3 Å². The molecule has 1 aromatic carbocycles. The lowest BCUT2D eigenvalue weighted by atomic mass is 9.98. The number of rotatable bonds is 3. The molecule has 0 aromatic heterocycles. The van der Waals surface area contributed by atoms with Gasteiger partial charge in [0.2, 0.25) is 5.91 Å². The van der Waals surface area contributed by atoms with Gasteiger partial charge in [0.05, 0.1) is 10.7 Å². The second-order valence-electron chi connectivity index (χ2n) is 5.25. The maximum Gasteiger partial charge on any atom is 0.248 e. The second-order valence-corrected chi connectivity index (χ2v) is 5.66. The number of likely N-dealkylation sites (tertiary alicyclic amines) is 1. The average Bonchev–Trinajstić information content (AvgIpc) is 2.36. The van der Waals surface area contributed by atoms with Crippen LogP contribution in [0.4, 0.5) is 5.69 Å². The Morgan fingerprint density at radius 1 is 1.53 bits per heavy atom. The minimum Gasteiger partial charge on any atom is -0.381 e. The fraction of sp³-hybridized carbons (Fsp3) is 0.500. The predicted octanol–water partition coefficient (Wildman–Crippen LogP) is 2.33. The van der Waals surface area contributed by atoms with E-state index in [9.17, 15) is 4.79 Å². The minimum atomic E-state index is -0.434. The van der Waals surface area contributed by atoms with E-state index in [-0.39, 0.29) is 0 Å². The molecule has 5 heteroatoms. The summed E-state index contributed by atoms with van der Waals surface area (Å²) in [6.45, 7) is 3.28. The summed E-state index contributed by atoms with van der Waals surface area (Å²) in [7, 11) is 2.14. The number of nitrogens with one attached hydrogen (secondary N) is 1. The zero-order valence-electron chi connectivity index (χ0n) is 11.3. The van der Waals surface area contributed by atoms with Crippen LogP contribution < -0.4 is 11.1 Å². The molecule has 104 valence electrons. The zero-order chi connectivity index (χ0) is 14.0. The topological polar surface area (TPSA) is 58.4 Å². The van der Waals surface area contributed by atoms with E-state index in [2.05, 4.69) is 24.2 Å². The SMILES string of the molecule is CC1CC(Nc2cc(C(N)=O)ccc2Cl)CCN1C. The van der Waals surface area contributed by atoms with E-state index in [0.717, 1.165) is 25.1 Å². The van der Waals surface area contributed by atoms with Crippen molar-refractivity contribution in [2.45, 2.75) is 31.8 Å². The number of anilines is 1. The van der Waals surface area contributed by atoms with Crippen molar-refractivity contribution in [3.05, 3.63) is 28.8 Å². The molecule has 0 aliphatic carbocycles. The van der Waals surface area contributed by atoms with Crippen LogP contribution in [0.15, 0.2) is 18.2 Å². The molecule has 1 aliphatic heterocycles. The van der Waals surface area contributed by atoms with Crippen LogP contribution in [0.1, 0.15) is 30.1 Å². The van der Waals surface area contributed by atoms with Gasteiger partial charge in [-0.05, 0) is 45.0 Å². The Morgan fingerprint density at radius 2 is 2.26 bits per heavy atom. The van der Waals surface area contributed by atoms with Gasteiger partial charge in [0.15, 0.2) is 0 Å². The van der Waals surface area contributed by atoms with Crippen molar-refractivity contribution in [2.24, 2.45) is 5.73 Å². The van der Waals surface area contributed by atoms with Crippen molar-refractivity contribution in [2.75, 3.05) is 18.9 Å². The number of hydrogen-bond donors (Lipinski definition) is 2. The van der Waals surface area contributed by atoms with E-state index in [1.54, 1.807) is 18.2 Å². The maximum atomic E-state index is 11.2. The molecule has 1 aliphatic rings. The van der Waals surface area contributed by atoms with Crippen LogP contribution in [0.2, 0.25) is 5.02 Å². The van der Waals surface area contributed by atoms with Gasteiger partial charge in [0.1, 0.15) is 0 Å². The van der Waals surface area contributed by atoms with E-state index >= 15 is 0 Å². The zero-order valence-corrected chi connectivity index (χ0v) is 12.1. The monoisotopic (exact) mass is 281 g/mol. The molecule has 1 aromatic rings. The van der Waals surface area contributed by atoms with E-state index < -0.39 is 5.91 Å². The predicted molar refractivity (Wildman–Crippen MR) is 78.7 cm³/mol. The molecule has 1 heterocycles. The number of piperidine rings is 1. The quantitative estimate of drug-likeness (QED) is 0.894. The summed E-state index contributed by atoms with van der Waals surface area (Å²) in [5.74, 6) is -0.434. The standard InChI is InChI=1S/C14H20ClN3O/c1-9-7-11(5-6-18(9)2)17-13-8-10(14(16)19)3-4-12(13)15/h3-4,8-9,11,17H,5-7H2,1-2H3,(H2,16,19). The van der Waals surface area contributed by atoms with Crippen LogP contribution >= 0.6 is 11.6 Å². The fourth-order valence-corrected chi connectivity index (χ4v) is 2.60. The molecular formula is C14H20ClN3O. The molecule has 4 nitrogen and oxygen atoms in total. The van der Waals surface area contributed by atoms with Crippen molar-refractivity contribution in [3.8, 4) is 0 Å². The van der Waals surface area contributed by atoms with Gasteiger partial charge in [0.25, 0.3) is 0 Å². The second kappa shape index (κ2) is 5.80. The number of hydrogen-bond acceptors (Lipinski definition) is 3. The molecule has 0 saturated carbocycles. The summed E-state index contributed by atoms with van der Waals surface area (Å²) >= 11 is 6.16. The van der Waals surface area contributed by atoms with Crippen molar-refractivity contribution < 1.29 is 4.79 Å². The van der Waals surface area contributed by atoms with Gasteiger partial charge >= 0.3 is 0 Å². The Balaban J connectivity index is 2.10. The normalized spacial score (nSPS) is 24.2. The lowest BCUT2D eigenvalue weighted by molar-refractivity contribution is 0.100. The van der Waals surface area contributed by atoms with E-state index in [1.807, 2.05) is 0 Å². The average molecular weight is 282 g/mol. The summed E-state index contributed by atoms with van der Waals surface area (Å²) in [6, 6.07) is 6.01. The van der Waals surface area contributed by atoms with Gasteiger partial charge in [-0.3, -0.25) is 4.79 Å². The number of nitrogens with zero attached hydrogens (tertiary/aromatic N) is 1. The summed E-state index contributed by atoms with van der Waals surface area (Å²) in [4.78, 5) is 13.5. The van der Waals surface area contributed by atoms with E-state index in [1.165, 1.54) is 0 Å². The van der Waals surface area contributed by atoms with Gasteiger partial charge in [-0.15, -0.1) is 0 Å². The largest absolute Gasteiger partial charge is 0.381 e. The Hall–Kier alpha value is -1.26. The van der Waals surface area contributed by atoms with Crippen LogP contribution in [0.5, 0.6) is 0 Å². The molecule has 1 amide bonds. The Morgan fingerprint density at radius 3 is 2.89 bits per heavy atom. The fourth-order valence-electron chi connectivity index (χ4n) is 2.43. The molecular weight excluding hydrogens is 262 g/mol. The van der Waals surface area contributed by atoms with Crippen molar-refractivity contribution in [3.63, 3.8) is 0 Å². The van der Waals surface area contributed by atoms with Gasteiger partial charge in [-0.2, -0.15) is 0 Å². The molecule has 1 fully saturated rings. The van der Waals surface area contributed by atoms with Crippen LogP contribution in [0, 0.1) is 0 Å². The Bertz CT molecular complexity index is 478. The van der Waals surface area contributed by atoms with Crippen LogP contribution in [0.25, 0.3) is 0 Å². The third-order valence-electron chi connectivity index (χ3n) is 3.82. The van der Waals surface area contributed by atoms with Gasteiger partial charge in [-0.25, -0.2) is 0 Å². The maximum absolute atomic E-state index is 11.2. The van der Waals surface area contributed by atoms with Gasteiger partial charge < -0.3 is 16.0 Å². The first-order valence-corrected chi connectivity index (χ1v) is 6.91. The third-order valence-corrected chi connectivity index (χ3v) is 4.15. The van der Waals surface area contributed by atoms with E-state index in [0.29, 0.717) is 22.7 Å². The molecule has 2 atom stereocenters. The summed E-state index contributed by atoms with van der Waals surface area (Å²) in [6.07, 6.45) is 2.13. The molecule has 2 unspecified atom stereocenters. The first-order valence-electron chi connectivity index (χ1n) is 6.53. The van der Waals surface area contributed by atoms with Crippen molar-refractivity contribution in [1.82, 2.24) is 4.90 Å². The number of carbonyl (C=O) groups excluding carboxylic acids is 1. The van der Waals surface area contributed by atoms with Crippen LogP contribution in [0.3, 0.4) is 0 Å². The molecule has 19 heavy (non-hydrogen) atoms. The molecule has 0 radical (unpaired) electrons. The van der Waals surface area contributed by atoms with Gasteiger partial charge in [-0.1, -0.05) is 11.6 Å². The summed E-state index contributed by atoms with van der Waals surface area (Å²) in [5, 5.41) is 4.05. The van der Waals surface area contributed by atoms with Gasteiger partial charge in [0, 0.05) is 24.2 Å².